The molecular formula is C13H16N2O. The van der Waals surface area contributed by atoms with E-state index in [0.29, 0.717) is 6.04 Å². The molecule has 0 spiro atoms. The predicted octanol–water partition coefficient (Wildman–Crippen LogP) is 2.32. The van der Waals surface area contributed by atoms with Gasteiger partial charge in [-0.15, -0.1) is 0 Å². The normalized spacial score (nSPS) is 20.2. The molecule has 3 rings (SSSR count). The summed E-state index contributed by atoms with van der Waals surface area (Å²) in [6.07, 6.45) is 5.95. The maximum Gasteiger partial charge on any atom is 0.228 e. The summed E-state index contributed by atoms with van der Waals surface area (Å²) in [5, 5.41) is 4.02. The van der Waals surface area contributed by atoms with E-state index in [1.807, 2.05) is 11.1 Å². The molecule has 1 saturated carbocycles. The van der Waals surface area contributed by atoms with Crippen LogP contribution in [0.2, 0.25) is 0 Å². The van der Waals surface area contributed by atoms with Crippen LogP contribution in [0, 0.1) is 0 Å². The van der Waals surface area contributed by atoms with Crippen LogP contribution < -0.4 is 5.01 Å². The molecule has 0 unspecified atom stereocenters. The van der Waals surface area contributed by atoms with Crippen LogP contribution in [0.3, 0.4) is 0 Å². The quantitative estimate of drug-likeness (QED) is 0.708. The molecule has 1 aromatic rings. The summed E-state index contributed by atoms with van der Waals surface area (Å²) in [5.74, 6) is 0. The van der Waals surface area contributed by atoms with Gasteiger partial charge >= 0.3 is 0 Å². The number of para-hydroxylation sites is 1. The molecule has 0 atom stereocenters. The molecule has 3 heteroatoms. The van der Waals surface area contributed by atoms with Crippen molar-refractivity contribution < 1.29 is 4.79 Å². The second-order valence-electron chi connectivity index (χ2n) is 4.61. The Morgan fingerprint density at radius 2 is 1.94 bits per heavy atom. The lowest BCUT2D eigenvalue weighted by molar-refractivity contribution is -0.119. The fourth-order valence-corrected chi connectivity index (χ4v) is 2.90. The molecule has 0 saturated heterocycles. The van der Waals surface area contributed by atoms with Crippen molar-refractivity contribution in [3.8, 4) is 0 Å². The van der Waals surface area contributed by atoms with Gasteiger partial charge in [-0.2, -0.15) is 0 Å². The predicted molar refractivity (Wildman–Crippen MR) is 62.8 cm³/mol. The lowest BCUT2D eigenvalue weighted by Crippen LogP contribution is -2.43. The van der Waals surface area contributed by atoms with Crippen LogP contribution >= 0.6 is 0 Å². The van der Waals surface area contributed by atoms with Crippen molar-refractivity contribution in [2.45, 2.75) is 38.3 Å². The van der Waals surface area contributed by atoms with Gasteiger partial charge in [0, 0.05) is 0 Å². The molecule has 1 fully saturated rings. The van der Waals surface area contributed by atoms with E-state index < -0.39 is 0 Å². The Morgan fingerprint density at radius 1 is 1.19 bits per heavy atom. The number of hydrogen-bond acceptors (Lipinski definition) is 2. The van der Waals surface area contributed by atoms with E-state index in [0.717, 1.165) is 13.0 Å². The number of hydrazine groups is 1. The number of carbonyl (C=O) groups excluding carboxylic acids is 1. The zero-order valence-electron chi connectivity index (χ0n) is 9.30. The fourth-order valence-electron chi connectivity index (χ4n) is 2.90. The zero-order chi connectivity index (χ0) is 11.0. The van der Waals surface area contributed by atoms with Crippen LogP contribution in [-0.4, -0.2) is 17.5 Å². The van der Waals surface area contributed by atoms with Crippen molar-refractivity contribution in [3.05, 3.63) is 29.8 Å². The van der Waals surface area contributed by atoms with E-state index in [9.17, 15) is 4.79 Å². The van der Waals surface area contributed by atoms with E-state index >= 15 is 0 Å². The summed E-state index contributed by atoms with van der Waals surface area (Å²) in [5.41, 5.74) is 2.49. The van der Waals surface area contributed by atoms with Crippen LogP contribution in [-0.2, 0) is 11.3 Å². The minimum atomic E-state index is 0.522. The molecule has 1 aromatic carbocycles. The van der Waals surface area contributed by atoms with Gasteiger partial charge in [0.05, 0.1) is 18.3 Å². The minimum Gasteiger partial charge on any atom is -0.280 e. The average molecular weight is 216 g/mol. The molecule has 2 aliphatic rings. The summed E-state index contributed by atoms with van der Waals surface area (Å²) in [7, 11) is 0. The van der Waals surface area contributed by atoms with E-state index in [1.54, 1.807) is 0 Å². The topological polar surface area (TPSA) is 23.6 Å². The van der Waals surface area contributed by atoms with Crippen LogP contribution in [0.15, 0.2) is 24.3 Å². The second-order valence-corrected chi connectivity index (χ2v) is 4.61. The van der Waals surface area contributed by atoms with Gasteiger partial charge in [0.1, 0.15) is 0 Å². The molecule has 0 N–H and O–H groups in total. The summed E-state index contributed by atoms with van der Waals surface area (Å²) in [4.78, 5) is 11.1. The Labute approximate surface area is 95.6 Å². The first-order valence-corrected chi connectivity index (χ1v) is 5.99. The van der Waals surface area contributed by atoms with Gasteiger partial charge in [-0.3, -0.25) is 14.8 Å². The Balaban J connectivity index is 1.96. The molecule has 0 bridgehead atoms. The Hall–Kier alpha value is -1.51. The summed E-state index contributed by atoms with van der Waals surface area (Å²) < 4.78 is 0. The molecule has 1 heterocycles. The van der Waals surface area contributed by atoms with Gasteiger partial charge in [-0.05, 0) is 24.5 Å². The van der Waals surface area contributed by atoms with Crippen molar-refractivity contribution in [1.82, 2.24) is 5.01 Å². The monoisotopic (exact) mass is 216 g/mol. The number of fused-ring (bicyclic) bond motifs is 1. The highest BCUT2D eigenvalue weighted by Gasteiger charge is 2.33. The Morgan fingerprint density at radius 3 is 2.69 bits per heavy atom. The highest BCUT2D eigenvalue weighted by Crippen LogP contribution is 2.36. The fraction of sp³-hybridized carbons (Fsp3) is 0.462. The molecule has 0 radical (unpaired) electrons. The summed E-state index contributed by atoms with van der Waals surface area (Å²) >= 11 is 0. The zero-order valence-corrected chi connectivity index (χ0v) is 9.30. The van der Waals surface area contributed by atoms with Crippen molar-refractivity contribution in [2.24, 2.45) is 0 Å². The van der Waals surface area contributed by atoms with E-state index in [4.69, 9.17) is 0 Å². The van der Waals surface area contributed by atoms with Crippen molar-refractivity contribution in [3.63, 3.8) is 0 Å². The Kier molecular flexibility index (Phi) is 2.31. The molecular weight excluding hydrogens is 200 g/mol. The third-order valence-corrected chi connectivity index (χ3v) is 3.64. The van der Waals surface area contributed by atoms with Crippen LogP contribution in [0.25, 0.3) is 0 Å². The number of amides is 1. The highest BCUT2D eigenvalue weighted by molar-refractivity contribution is 5.64. The molecule has 84 valence electrons. The SMILES string of the molecule is O=CN1Cc2ccccc2N1C1CCCC1. The van der Waals surface area contributed by atoms with Crippen LogP contribution in [0.5, 0.6) is 0 Å². The van der Waals surface area contributed by atoms with Crippen molar-refractivity contribution in [1.29, 1.82) is 0 Å². The molecule has 1 aliphatic carbocycles. The minimum absolute atomic E-state index is 0.522. The number of benzene rings is 1. The molecule has 1 aliphatic heterocycles. The van der Waals surface area contributed by atoms with Crippen LogP contribution in [0.1, 0.15) is 31.2 Å². The molecule has 0 aromatic heterocycles. The maximum absolute atomic E-state index is 11.1. The number of anilines is 1. The van der Waals surface area contributed by atoms with Crippen LogP contribution in [0.4, 0.5) is 5.69 Å². The van der Waals surface area contributed by atoms with Gasteiger partial charge in [-0.1, -0.05) is 31.0 Å². The average Bonchev–Trinajstić information content (AvgIpc) is 2.94. The molecule has 1 amide bonds. The summed E-state index contributed by atoms with van der Waals surface area (Å²) in [6.45, 7) is 0.732. The van der Waals surface area contributed by atoms with Crippen molar-refractivity contribution >= 4 is 12.1 Å². The molecule has 3 nitrogen and oxygen atoms in total. The van der Waals surface area contributed by atoms with Gasteiger partial charge in [-0.25, -0.2) is 0 Å². The van der Waals surface area contributed by atoms with Crippen molar-refractivity contribution in [2.75, 3.05) is 5.01 Å². The number of hydrogen-bond donors (Lipinski definition) is 0. The van der Waals surface area contributed by atoms with Gasteiger partial charge in [0.15, 0.2) is 0 Å². The third-order valence-electron chi connectivity index (χ3n) is 3.64. The number of rotatable bonds is 2. The lowest BCUT2D eigenvalue weighted by atomic mass is 10.1. The first-order chi connectivity index (χ1) is 7.90. The molecule has 16 heavy (non-hydrogen) atoms. The van der Waals surface area contributed by atoms with E-state index in [1.165, 1.54) is 36.9 Å². The first-order valence-electron chi connectivity index (χ1n) is 5.99. The van der Waals surface area contributed by atoms with Gasteiger partial charge < -0.3 is 0 Å². The second kappa shape index (κ2) is 3.81. The van der Waals surface area contributed by atoms with Gasteiger partial charge in [0.25, 0.3) is 0 Å². The smallest absolute Gasteiger partial charge is 0.228 e. The highest BCUT2D eigenvalue weighted by atomic mass is 16.2. The number of carbonyl (C=O) groups is 1. The lowest BCUT2D eigenvalue weighted by Gasteiger charge is -2.32. The summed E-state index contributed by atoms with van der Waals surface area (Å²) in [6, 6.07) is 8.85. The maximum atomic E-state index is 11.1. The van der Waals surface area contributed by atoms with Gasteiger partial charge in [0.2, 0.25) is 6.41 Å². The largest absolute Gasteiger partial charge is 0.280 e. The third kappa shape index (κ3) is 1.39. The Bertz CT molecular complexity index is 399. The standard InChI is InChI=1S/C13H16N2O/c16-10-14-9-11-5-1-4-8-13(11)15(14)12-6-2-3-7-12/h1,4-5,8,10,12H,2-3,6-7,9H2. The van der Waals surface area contributed by atoms with E-state index in [-0.39, 0.29) is 0 Å². The first kappa shape index (κ1) is 9.70. The van der Waals surface area contributed by atoms with E-state index in [2.05, 4.69) is 23.2 Å². The number of nitrogens with zero attached hydrogens (tertiary/aromatic N) is 2.